The summed E-state index contributed by atoms with van der Waals surface area (Å²) in [5.74, 6) is -2.27. The smallest absolute Gasteiger partial charge is 0.282 e. The summed E-state index contributed by atoms with van der Waals surface area (Å²) in [7, 11) is 0. The van der Waals surface area contributed by atoms with Crippen LogP contribution in [0.5, 0.6) is 5.75 Å². The number of ether oxygens (including phenoxy) is 1. The molecule has 2 aliphatic rings. The second kappa shape index (κ2) is 5.81. The molecule has 1 saturated heterocycles. The molecule has 2 aromatic rings. The first-order valence-corrected chi connectivity index (χ1v) is 8.23. The number of likely N-dealkylation sites (tertiary alicyclic amines) is 1. The van der Waals surface area contributed by atoms with Gasteiger partial charge in [-0.25, -0.2) is 8.78 Å². The van der Waals surface area contributed by atoms with Crippen molar-refractivity contribution in [2.75, 3.05) is 19.6 Å². The Balaban J connectivity index is 1.56. The predicted molar refractivity (Wildman–Crippen MR) is 89.9 cm³/mol. The molecule has 1 unspecified atom stereocenters. The van der Waals surface area contributed by atoms with Crippen molar-refractivity contribution in [3.8, 4) is 16.9 Å². The first kappa shape index (κ1) is 16.0. The van der Waals surface area contributed by atoms with E-state index in [9.17, 15) is 13.6 Å². The number of nitrogens with two attached hydrogens (primary N) is 1. The minimum Gasteiger partial charge on any atom is -0.488 e. The summed E-state index contributed by atoms with van der Waals surface area (Å²) in [5.41, 5.74) is 9.24. The molecule has 1 amide bonds. The van der Waals surface area contributed by atoms with Crippen LogP contribution >= 0.6 is 0 Å². The van der Waals surface area contributed by atoms with Gasteiger partial charge in [-0.15, -0.1) is 0 Å². The van der Waals surface area contributed by atoms with Gasteiger partial charge in [0.1, 0.15) is 11.9 Å². The van der Waals surface area contributed by atoms with E-state index in [1.54, 1.807) is 12.1 Å². The molecule has 0 spiro atoms. The lowest BCUT2D eigenvalue weighted by atomic mass is 9.95. The second-order valence-corrected chi connectivity index (χ2v) is 6.56. The van der Waals surface area contributed by atoms with Crippen LogP contribution in [0, 0.1) is 0 Å². The molecule has 2 aliphatic heterocycles. The quantitative estimate of drug-likeness (QED) is 0.931. The van der Waals surface area contributed by atoms with Crippen LogP contribution in [0.15, 0.2) is 42.5 Å². The Labute approximate surface area is 144 Å². The van der Waals surface area contributed by atoms with Crippen molar-refractivity contribution in [3.63, 3.8) is 0 Å². The average molecular weight is 344 g/mol. The highest BCUT2D eigenvalue weighted by Crippen LogP contribution is 2.37. The van der Waals surface area contributed by atoms with Crippen LogP contribution in [0.4, 0.5) is 8.78 Å². The van der Waals surface area contributed by atoms with Crippen molar-refractivity contribution < 1.29 is 18.3 Å². The highest BCUT2D eigenvalue weighted by molar-refractivity contribution is 5.95. The normalized spacial score (nSPS) is 20.6. The molecular formula is C19H18F2N2O2. The summed E-state index contributed by atoms with van der Waals surface area (Å²) in [4.78, 5) is 13.4. The highest BCUT2D eigenvalue weighted by atomic mass is 19.3. The van der Waals surface area contributed by atoms with Crippen LogP contribution in [0.3, 0.4) is 0 Å². The van der Waals surface area contributed by atoms with Crippen LogP contribution in [0.25, 0.3) is 11.1 Å². The maximum Gasteiger partial charge on any atom is 0.282 e. The lowest BCUT2D eigenvalue weighted by molar-refractivity contribution is -0.113. The molecule has 0 radical (unpaired) electrons. The number of carbonyl (C=O) groups is 1. The standard InChI is InChI=1S/C19H18F2N2O2/c20-19(21)10-23(11-19)18(24)13-6-4-12(5-7-13)15-2-1-3-17-16(15)8-14(9-22)25-17/h1-7,14H,8-11,22H2. The fourth-order valence-corrected chi connectivity index (χ4v) is 3.37. The summed E-state index contributed by atoms with van der Waals surface area (Å²) < 4.78 is 31.6. The Morgan fingerprint density at radius 1 is 1.20 bits per heavy atom. The molecule has 4 nitrogen and oxygen atoms in total. The monoisotopic (exact) mass is 344 g/mol. The first-order chi connectivity index (χ1) is 12.0. The van der Waals surface area contributed by atoms with Crippen molar-refractivity contribution in [2.45, 2.75) is 18.4 Å². The zero-order chi connectivity index (χ0) is 17.6. The van der Waals surface area contributed by atoms with Crippen molar-refractivity contribution in [3.05, 3.63) is 53.6 Å². The molecule has 0 aromatic heterocycles. The maximum atomic E-state index is 12.9. The zero-order valence-corrected chi connectivity index (χ0v) is 13.5. The van der Waals surface area contributed by atoms with E-state index < -0.39 is 19.0 Å². The zero-order valence-electron chi connectivity index (χ0n) is 13.5. The molecule has 1 atom stereocenters. The topological polar surface area (TPSA) is 55.6 Å². The third-order valence-electron chi connectivity index (χ3n) is 4.70. The molecule has 0 bridgehead atoms. The van der Waals surface area contributed by atoms with Crippen molar-refractivity contribution >= 4 is 5.91 Å². The highest BCUT2D eigenvalue weighted by Gasteiger charge is 2.46. The van der Waals surface area contributed by atoms with Gasteiger partial charge >= 0.3 is 0 Å². The third-order valence-corrected chi connectivity index (χ3v) is 4.70. The lowest BCUT2D eigenvalue weighted by Gasteiger charge is -2.38. The van der Waals surface area contributed by atoms with E-state index in [1.165, 1.54) is 0 Å². The fraction of sp³-hybridized carbons (Fsp3) is 0.316. The van der Waals surface area contributed by atoms with E-state index in [-0.39, 0.29) is 12.0 Å². The molecule has 4 rings (SSSR count). The number of benzene rings is 2. The van der Waals surface area contributed by atoms with Crippen LogP contribution in [-0.2, 0) is 6.42 Å². The first-order valence-electron chi connectivity index (χ1n) is 8.23. The molecule has 130 valence electrons. The predicted octanol–water partition coefficient (Wildman–Crippen LogP) is 2.71. The molecular weight excluding hydrogens is 326 g/mol. The Kier molecular flexibility index (Phi) is 3.72. The lowest BCUT2D eigenvalue weighted by Crippen LogP contribution is -2.58. The third kappa shape index (κ3) is 2.87. The van der Waals surface area contributed by atoms with E-state index in [1.807, 2.05) is 30.3 Å². The van der Waals surface area contributed by atoms with Gasteiger partial charge in [0.15, 0.2) is 0 Å². The average Bonchev–Trinajstić information content (AvgIpc) is 3.02. The number of fused-ring (bicyclic) bond motifs is 1. The summed E-state index contributed by atoms with van der Waals surface area (Å²) in [6.07, 6.45) is 0.746. The number of rotatable bonds is 3. The summed E-state index contributed by atoms with van der Waals surface area (Å²) in [6, 6.07) is 12.9. The van der Waals surface area contributed by atoms with Crippen LogP contribution < -0.4 is 10.5 Å². The van der Waals surface area contributed by atoms with E-state index in [0.717, 1.165) is 33.8 Å². The Hall–Kier alpha value is -2.47. The van der Waals surface area contributed by atoms with E-state index in [2.05, 4.69) is 0 Å². The number of amides is 1. The molecule has 0 aliphatic carbocycles. The van der Waals surface area contributed by atoms with Gasteiger partial charge in [0, 0.05) is 24.1 Å². The number of halogens is 2. The van der Waals surface area contributed by atoms with Crippen molar-refractivity contribution in [2.24, 2.45) is 5.73 Å². The maximum absolute atomic E-state index is 12.9. The minimum atomic E-state index is -2.75. The van der Waals surface area contributed by atoms with Gasteiger partial charge < -0.3 is 15.4 Å². The SMILES string of the molecule is NCC1Cc2c(cccc2-c2ccc(C(=O)N3CC(F)(F)C3)cc2)O1. The molecule has 0 saturated carbocycles. The van der Waals surface area contributed by atoms with Gasteiger partial charge in [0.25, 0.3) is 11.8 Å². The van der Waals surface area contributed by atoms with Crippen LogP contribution in [-0.4, -0.2) is 42.5 Å². The molecule has 2 heterocycles. The second-order valence-electron chi connectivity index (χ2n) is 6.56. The largest absolute Gasteiger partial charge is 0.488 e. The number of nitrogens with zero attached hydrogens (tertiary/aromatic N) is 1. The number of alkyl halides is 2. The molecule has 2 N–H and O–H groups in total. The number of hydrogen-bond acceptors (Lipinski definition) is 3. The van der Waals surface area contributed by atoms with E-state index >= 15 is 0 Å². The van der Waals surface area contributed by atoms with E-state index in [4.69, 9.17) is 10.5 Å². The number of hydrogen-bond donors (Lipinski definition) is 1. The Bertz CT molecular complexity index is 813. The van der Waals surface area contributed by atoms with Gasteiger partial charge in [-0.2, -0.15) is 0 Å². The summed E-state index contributed by atoms with van der Waals surface area (Å²) >= 11 is 0. The Morgan fingerprint density at radius 3 is 2.56 bits per heavy atom. The summed E-state index contributed by atoms with van der Waals surface area (Å²) in [6.45, 7) is -0.544. The van der Waals surface area contributed by atoms with Gasteiger partial charge in [0.05, 0.1) is 13.1 Å². The van der Waals surface area contributed by atoms with Crippen LogP contribution in [0.2, 0.25) is 0 Å². The molecule has 25 heavy (non-hydrogen) atoms. The van der Waals surface area contributed by atoms with Gasteiger partial charge in [-0.1, -0.05) is 24.3 Å². The minimum absolute atomic E-state index is 0.00918. The fourth-order valence-electron chi connectivity index (χ4n) is 3.37. The van der Waals surface area contributed by atoms with Crippen molar-refractivity contribution in [1.29, 1.82) is 0 Å². The summed E-state index contributed by atoms with van der Waals surface area (Å²) in [5, 5.41) is 0. The molecule has 6 heteroatoms. The molecule has 1 fully saturated rings. The van der Waals surface area contributed by atoms with Gasteiger partial charge in [-0.3, -0.25) is 4.79 Å². The van der Waals surface area contributed by atoms with E-state index in [0.29, 0.717) is 12.1 Å². The van der Waals surface area contributed by atoms with Gasteiger partial charge in [-0.05, 0) is 29.3 Å². The van der Waals surface area contributed by atoms with Gasteiger partial charge in [0.2, 0.25) is 0 Å². The number of carbonyl (C=O) groups excluding carboxylic acids is 1. The van der Waals surface area contributed by atoms with Crippen molar-refractivity contribution in [1.82, 2.24) is 4.90 Å². The molecule has 2 aromatic carbocycles. The Morgan fingerprint density at radius 2 is 1.92 bits per heavy atom. The van der Waals surface area contributed by atoms with Crippen LogP contribution in [0.1, 0.15) is 15.9 Å².